The molecule has 0 radical (unpaired) electrons. The van der Waals surface area contributed by atoms with Crippen LogP contribution in [0.15, 0.2) is 22.6 Å². The second kappa shape index (κ2) is 6.42. The summed E-state index contributed by atoms with van der Waals surface area (Å²) in [4.78, 5) is 2.26. The van der Waals surface area contributed by atoms with E-state index >= 15 is 0 Å². The predicted molar refractivity (Wildman–Crippen MR) is 95.1 cm³/mol. The molecule has 1 aromatic heterocycles. The Kier molecular flexibility index (Phi) is 4.63. The maximum Gasteiger partial charge on any atom is 0.288 e. The van der Waals surface area contributed by atoms with E-state index in [4.69, 9.17) is 16.6 Å². The quantitative estimate of drug-likeness (QED) is 0.774. The lowest BCUT2D eigenvalue weighted by atomic mass is 10.1. The van der Waals surface area contributed by atoms with Gasteiger partial charge in [-0.15, -0.1) is 5.10 Å². The molecule has 2 heterocycles. The summed E-state index contributed by atoms with van der Waals surface area (Å²) in [6.45, 7) is 4.46. The lowest BCUT2D eigenvalue weighted by Crippen LogP contribution is -2.34. The maximum absolute atomic E-state index is 11.6. The van der Waals surface area contributed by atoms with E-state index < -0.39 is 9.84 Å². The Bertz CT molecular complexity index is 895. The van der Waals surface area contributed by atoms with Gasteiger partial charge >= 0.3 is 0 Å². The third-order valence-electron chi connectivity index (χ3n) is 4.26. The number of rotatable bonds is 4. The standard InChI is InChI=1S/C16H21N3O3S2/c1-11-6-12(2)8-13(7-11)15-17-19(16(23)22-15)10-18(3)14-4-5-24(20,21)9-14/h6-8,14H,4-5,9-10H2,1-3H3. The molecule has 130 valence electrons. The fourth-order valence-corrected chi connectivity index (χ4v) is 5.04. The highest BCUT2D eigenvalue weighted by atomic mass is 32.2. The van der Waals surface area contributed by atoms with Crippen molar-refractivity contribution in [2.75, 3.05) is 18.6 Å². The van der Waals surface area contributed by atoms with E-state index in [-0.39, 0.29) is 22.4 Å². The Balaban J connectivity index is 1.81. The van der Waals surface area contributed by atoms with Gasteiger partial charge in [0.05, 0.1) is 18.2 Å². The molecular formula is C16H21N3O3S2. The minimum atomic E-state index is -2.91. The van der Waals surface area contributed by atoms with Crippen molar-refractivity contribution in [2.45, 2.75) is 33.0 Å². The van der Waals surface area contributed by atoms with Crippen LogP contribution in [-0.2, 0) is 16.5 Å². The van der Waals surface area contributed by atoms with Crippen molar-refractivity contribution < 1.29 is 12.8 Å². The molecule has 8 heteroatoms. The second-order valence-corrected chi connectivity index (χ2v) is 9.08. The van der Waals surface area contributed by atoms with E-state index in [2.05, 4.69) is 11.2 Å². The van der Waals surface area contributed by atoms with Gasteiger partial charge in [0.2, 0.25) is 5.89 Å². The largest absolute Gasteiger partial charge is 0.409 e. The van der Waals surface area contributed by atoms with Crippen molar-refractivity contribution >= 4 is 22.1 Å². The van der Waals surface area contributed by atoms with Gasteiger partial charge in [0.15, 0.2) is 9.84 Å². The van der Waals surface area contributed by atoms with Crippen molar-refractivity contribution in [1.29, 1.82) is 0 Å². The summed E-state index contributed by atoms with van der Waals surface area (Å²) >= 11 is 5.27. The molecule has 1 aliphatic rings. The molecule has 0 spiro atoms. The fourth-order valence-electron chi connectivity index (χ4n) is 3.06. The lowest BCUT2D eigenvalue weighted by molar-refractivity contribution is 0.194. The number of sulfone groups is 1. The van der Waals surface area contributed by atoms with Crippen LogP contribution in [0.1, 0.15) is 17.5 Å². The monoisotopic (exact) mass is 367 g/mol. The molecule has 0 N–H and O–H groups in total. The van der Waals surface area contributed by atoms with Crippen LogP contribution < -0.4 is 0 Å². The summed E-state index contributed by atoms with van der Waals surface area (Å²) in [7, 11) is -1.02. The Morgan fingerprint density at radius 1 is 1.33 bits per heavy atom. The Hall–Kier alpha value is -1.51. The van der Waals surface area contributed by atoms with Gasteiger partial charge in [0.1, 0.15) is 0 Å². The van der Waals surface area contributed by atoms with Gasteiger partial charge in [-0.3, -0.25) is 4.90 Å². The highest BCUT2D eigenvalue weighted by Gasteiger charge is 2.30. The van der Waals surface area contributed by atoms with Crippen LogP contribution in [0, 0.1) is 18.7 Å². The smallest absolute Gasteiger partial charge is 0.288 e. The highest BCUT2D eigenvalue weighted by Crippen LogP contribution is 2.22. The average molecular weight is 367 g/mol. The molecule has 1 atom stereocenters. The van der Waals surface area contributed by atoms with Gasteiger partial charge in [0, 0.05) is 11.6 Å². The van der Waals surface area contributed by atoms with Crippen molar-refractivity contribution in [3.05, 3.63) is 34.2 Å². The van der Waals surface area contributed by atoms with Gasteiger partial charge in [-0.25, -0.2) is 13.1 Å². The number of hydrogen-bond acceptors (Lipinski definition) is 6. The zero-order chi connectivity index (χ0) is 17.5. The number of aromatic nitrogens is 2. The third-order valence-corrected chi connectivity index (χ3v) is 6.31. The Morgan fingerprint density at radius 3 is 2.58 bits per heavy atom. The molecule has 1 fully saturated rings. The van der Waals surface area contributed by atoms with Crippen molar-refractivity contribution in [1.82, 2.24) is 14.7 Å². The molecule has 0 bridgehead atoms. The first-order valence-corrected chi connectivity index (χ1v) is 10.0. The predicted octanol–water partition coefficient (Wildman–Crippen LogP) is 2.57. The van der Waals surface area contributed by atoms with E-state index in [0.717, 1.165) is 16.7 Å². The van der Waals surface area contributed by atoms with Crippen LogP contribution in [0.5, 0.6) is 0 Å². The molecule has 3 rings (SSSR count). The van der Waals surface area contributed by atoms with E-state index in [9.17, 15) is 8.42 Å². The molecule has 1 aliphatic heterocycles. The topological polar surface area (TPSA) is 68.3 Å². The number of benzene rings is 1. The van der Waals surface area contributed by atoms with Crippen LogP contribution in [0.25, 0.3) is 11.5 Å². The van der Waals surface area contributed by atoms with Gasteiger partial charge in [0.25, 0.3) is 4.84 Å². The third kappa shape index (κ3) is 3.76. The molecule has 1 saturated heterocycles. The first-order chi connectivity index (χ1) is 11.2. The van der Waals surface area contributed by atoms with E-state index in [0.29, 0.717) is 19.0 Å². The summed E-state index contributed by atoms with van der Waals surface area (Å²) < 4.78 is 30.5. The molecule has 1 aromatic carbocycles. The average Bonchev–Trinajstić information content (AvgIpc) is 3.01. The van der Waals surface area contributed by atoms with Gasteiger partial charge in [-0.05, 0) is 51.7 Å². The lowest BCUT2D eigenvalue weighted by Gasteiger charge is -2.22. The first-order valence-electron chi connectivity index (χ1n) is 7.81. The number of hydrogen-bond donors (Lipinski definition) is 0. The van der Waals surface area contributed by atoms with Crippen molar-refractivity contribution in [2.24, 2.45) is 0 Å². The molecule has 6 nitrogen and oxygen atoms in total. The zero-order valence-electron chi connectivity index (χ0n) is 14.0. The molecule has 0 saturated carbocycles. The molecular weight excluding hydrogens is 346 g/mol. The van der Waals surface area contributed by atoms with Crippen molar-refractivity contribution in [3.8, 4) is 11.5 Å². The van der Waals surface area contributed by atoms with Gasteiger partial charge in [-0.1, -0.05) is 17.2 Å². The number of nitrogens with zero attached hydrogens (tertiary/aromatic N) is 3. The van der Waals surface area contributed by atoms with Crippen LogP contribution in [0.4, 0.5) is 0 Å². The van der Waals surface area contributed by atoms with E-state index in [1.54, 1.807) is 4.68 Å². The van der Waals surface area contributed by atoms with Crippen molar-refractivity contribution in [3.63, 3.8) is 0 Å². The minimum Gasteiger partial charge on any atom is -0.409 e. The first kappa shape index (κ1) is 17.3. The molecule has 1 unspecified atom stereocenters. The molecule has 24 heavy (non-hydrogen) atoms. The number of aryl methyl sites for hydroxylation is 2. The zero-order valence-corrected chi connectivity index (χ0v) is 15.7. The Labute approximate surface area is 147 Å². The van der Waals surface area contributed by atoms with Crippen LogP contribution in [-0.4, -0.2) is 47.7 Å². The summed E-state index contributed by atoms with van der Waals surface area (Å²) in [5, 5.41) is 4.46. The molecule has 0 aliphatic carbocycles. The van der Waals surface area contributed by atoms with Gasteiger partial charge < -0.3 is 4.42 Å². The van der Waals surface area contributed by atoms with Gasteiger partial charge in [-0.2, -0.15) is 0 Å². The highest BCUT2D eigenvalue weighted by molar-refractivity contribution is 7.91. The van der Waals surface area contributed by atoms with Crippen LogP contribution in [0.3, 0.4) is 0 Å². The summed E-state index contributed by atoms with van der Waals surface area (Å²) in [6.07, 6.45) is 0.647. The van der Waals surface area contributed by atoms with Crippen LogP contribution in [0.2, 0.25) is 0 Å². The molecule has 0 amide bonds. The molecule has 2 aromatic rings. The van der Waals surface area contributed by atoms with Crippen LogP contribution >= 0.6 is 12.2 Å². The fraction of sp³-hybridized carbons (Fsp3) is 0.500. The summed E-state index contributed by atoms with van der Waals surface area (Å²) in [6, 6.07) is 6.10. The SMILES string of the molecule is Cc1cc(C)cc(-c2nn(CN(C)C3CCS(=O)(=O)C3)c(=S)o2)c1. The van der Waals surface area contributed by atoms with E-state index in [1.165, 1.54) is 0 Å². The second-order valence-electron chi connectivity index (χ2n) is 6.50. The Morgan fingerprint density at radius 2 is 2.00 bits per heavy atom. The van der Waals surface area contributed by atoms with E-state index in [1.807, 2.05) is 37.9 Å². The maximum atomic E-state index is 11.6. The normalized spacial score (nSPS) is 19.9. The summed E-state index contributed by atoms with van der Waals surface area (Å²) in [5.74, 6) is 0.929. The minimum absolute atomic E-state index is 0.00161. The summed E-state index contributed by atoms with van der Waals surface area (Å²) in [5.41, 5.74) is 3.16.